The molecule has 0 aliphatic rings. The van der Waals surface area contributed by atoms with E-state index in [0.29, 0.717) is 27.1 Å². The molecule has 0 aliphatic carbocycles. The highest BCUT2D eigenvalue weighted by atomic mass is 16.1. The van der Waals surface area contributed by atoms with Crippen molar-refractivity contribution in [3.63, 3.8) is 0 Å². The minimum Gasteiger partial charge on any atom is -0.310 e. The standard InChI is InChI=1S/C45H30N2O2/c1-29-26-38-43-39(27-29)45(49)37-25-24-34(28-42(37)47(43)41-19-11-9-17-36(41)44(38)48)46(33-22-20-31(21-23-33)30-12-4-2-5-13-30)40-18-10-8-16-35(40)32-14-6-3-7-15-32/h2-28H,1H3. The van der Waals surface area contributed by atoms with E-state index in [-0.39, 0.29) is 10.9 Å². The third-order valence-electron chi connectivity index (χ3n) is 9.54. The van der Waals surface area contributed by atoms with E-state index >= 15 is 0 Å². The molecule has 232 valence electrons. The van der Waals surface area contributed by atoms with Crippen molar-refractivity contribution in [2.75, 3.05) is 4.90 Å². The van der Waals surface area contributed by atoms with Gasteiger partial charge in [-0.2, -0.15) is 0 Å². The van der Waals surface area contributed by atoms with Crippen molar-refractivity contribution in [3.8, 4) is 22.3 Å². The second kappa shape index (κ2) is 11.3. The molecule has 0 unspecified atom stereocenters. The predicted molar refractivity (Wildman–Crippen MR) is 204 cm³/mol. The van der Waals surface area contributed by atoms with Gasteiger partial charge in [-0.15, -0.1) is 0 Å². The van der Waals surface area contributed by atoms with Crippen molar-refractivity contribution in [1.82, 2.24) is 4.40 Å². The van der Waals surface area contributed by atoms with Crippen LogP contribution in [-0.4, -0.2) is 4.40 Å². The normalized spacial score (nSPS) is 11.5. The Morgan fingerprint density at radius 3 is 1.71 bits per heavy atom. The van der Waals surface area contributed by atoms with Crippen LogP contribution in [0.4, 0.5) is 17.1 Å². The molecular formula is C45H30N2O2. The summed E-state index contributed by atoms with van der Waals surface area (Å²) in [6, 6.07) is 55.4. The molecule has 0 radical (unpaired) electrons. The zero-order chi connectivity index (χ0) is 33.1. The SMILES string of the molecule is Cc1cc2c(=O)c3ccccc3n3c4cc(N(c5ccc(-c6ccccc6)cc5)c5ccccc5-c5ccccc5)ccc4c(=O)c(c1)c23. The molecule has 0 N–H and O–H groups in total. The van der Waals surface area contributed by atoms with E-state index in [1.807, 2.05) is 67.6 Å². The first-order chi connectivity index (χ1) is 24.1. The van der Waals surface area contributed by atoms with Crippen LogP contribution in [0.2, 0.25) is 0 Å². The van der Waals surface area contributed by atoms with E-state index < -0.39 is 0 Å². The fourth-order valence-electron chi connectivity index (χ4n) is 7.31. The quantitative estimate of drug-likeness (QED) is 0.140. The third kappa shape index (κ3) is 4.61. The fourth-order valence-corrected chi connectivity index (χ4v) is 7.31. The van der Waals surface area contributed by atoms with Crippen LogP contribution >= 0.6 is 0 Å². The number of nitrogens with zero attached hydrogens (tertiary/aromatic N) is 2. The third-order valence-corrected chi connectivity index (χ3v) is 9.54. The predicted octanol–water partition coefficient (Wildman–Crippen LogP) is 10.7. The summed E-state index contributed by atoms with van der Waals surface area (Å²) in [4.78, 5) is 30.3. The number of aromatic nitrogens is 1. The zero-order valence-electron chi connectivity index (χ0n) is 26.8. The molecule has 0 amide bonds. The average Bonchev–Trinajstić information content (AvgIpc) is 3.16. The van der Waals surface area contributed by atoms with Crippen LogP contribution in [0.15, 0.2) is 173 Å². The molecule has 7 aromatic carbocycles. The topological polar surface area (TPSA) is 41.8 Å². The zero-order valence-corrected chi connectivity index (χ0v) is 26.8. The molecule has 49 heavy (non-hydrogen) atoms. The highest BCUT2D eigenvalue weighted by Crippen LogP contribution is 2.42. The summed E-state index contributed by atoms with van der Waals surface area (Å²) in [7, 11) is 0. The first kappa shape index (κ1) is 28.7. The molecule has 4 nitrogen and oxygen atoms in total. The Balaban J connectivity index is 1.36. The molecule has 0 saturated carbocycles. The summed E-state index contributed by atoms with van der Waals surface area (Å²) < 4.78 is 2.11. The first-order valence-corrected chi connectivity index (χ1v) is 16.4. The summed E-state index contributed by atoms with van der Waals surface area (Å²) in [6.45, 7) is 1.94. The molecule has 9 rings (SSSR count). The molecule has 0 atom stereocenters. The summed E-state index contributed by atoms with van der Waals surface area (Å²) in [5, 5.41) is 2.34. The van der Waals surface area contributed by atoms with Crippen molar-refractivity contribution in [3.05, 3.63) is 190 Å². The van der Waals surface area contributed by atoms with Crippen molar-refractivity contribution < 1.29 is 0 Å². The van der Waals surface area contributed by atoms with E-state index in [1.54, 1.807) is 0 Å². The number of anilines is 3. The van der Waals surface area contributed by atoms with Gasteiger partial charge in [-0.3, -0.25) is 9.59 Å². The largest absolute Gasteiger partial charge is 0.310 e. The van der Waals surface area contributed by atoms with Gasteiger partial charge in [0.05, 0.1) is 22.2 Å². The molecule has 0 aliphatic heterocycles. The Labute approximate surface area is 282 Å². The van der Waals surface area contributed by atoms with Gasteiger partial charge >= 0.3 is 0 Å². The van der Waals surface area contributed by atoms with Crippen LogP contribution in [0.5, 0.6) is 0 Å². The van der Waals surface area contributed by atoms with Gasteiger partial charge in [0.25, 0.3) is 0 Å². The fraction of sp³-hybridized carbons (Fsp3) is 0.0222. The van der Waals surface area contributed by atoms with E-state index in [4.69, 9.17) is 0 Å². The van der Waals surface area contributed by atoms with Crippen molar-refractivity contribution in [1.29, 1.82) is 0 Å². The van der Waals surface area contributed by atoms with Crippen molar-refractivity contribution >= 4 is 55.2 Å². The number of hydrogen-bond donors (Lipinski definition) is 0. The molecule has 4 heteroatoms. The number of fused-ring (bicyclic) bond motifs is 4. The number of rotatable bonds is 5. The van der Waals surface area contributed by atoms with Gasteiger partial charge in [0.15, 0.2) is 10.9 Å². The maximum absolute atomic E-state index is 14.2. The van der Waals surface area contributed by atoms with E-state index in [0.717, 1.165) is 55.9 Å². The summed E-state index contributed by atoms with van der Waals surface area (Å²) in [5.41, 5.74) is 10.3. The number of benzene rings is 7. The summed E-state index contributed by atoms with van der Waals surface area (Å²) in [5.74, 6) is 0. The summed E-state index contributed by atoms with van der Waals surface area (Å²) in [6.07, 6.45) is 0. The van der Waals surface area contributed by atoms with E-state index in [2.05, 4.69) is 112 Å². The highest BCUT2D eigenvalue weighted by Gasteiger charge is 2.21. The number of hydrogen-bond acceptors (Lipinski definition) is 3. The van der Waals surface area contributed by atoms with Gasteiger partial charge in [0.2, 0.25) is 0 Å². The van der Waals surface area contributed by atoms with E-state index in [1.165, 1.54) is 0 Å². The number of para-hydroxylation sites is 2. The van der Waals surface area contributed by atoms with Gasteiger partial charge < -0.3 is 9.30 Å². The van der Waals surface area contributed by atoms with Gasteiger partial charge in [-0.25, -0.2) is 0 Å². The molecule has 2 heterocycles. The van der Waals surface area contributed by atoms with Crippen LogP contribution in [0, 0.1) is 6.92 Å². The molecule has 9 aromatic rings. The van der Waals surface area contributed by atoms with Gasteiger partial charge in [0, 0.05) is 38.5 Å². The smallest absolute Gasteiger partial charge is 0.197 e. The molecular weight excluding hydrogens is 601 g/mol. The Bertz CT molecular complexity index is 2790. The lowest BCUT2D eigenvalue weighted by Gasteiger charge is -2.28. The summed E-state index contributed by atoms with van der Waals surface area (Å²) >= 11 is 0. The van der Waals surface area contributed by atoms with Crippen LogP contribution < -0.4 is 15.8 Å². The Morgan fingerprint density at radius 2 is 1.00 bits per heavy atom. The monoisotopic (exact) mass is 630 g/mol. The Kier molecular flexibility index (Phi) is 6.63. The van der Waals surface area contributed by atoms with Crippen molar-refractivity contribution in [2.24, 2.45) is 0 Å². The lowest BCUT2D eigenvalue weighted by molar-refractivity contribution is 1.26. The highest BCUT2D eigenvalue weighted by molar-refractivity contribution is 6.08. The van der Waals surface area contributed by atoms with Crippen LogP contribution in [0.3, 0.4) is 0 Å². The van der Waals surface area contributed by atoms with Crippen LogP contribution in [-0.2, 0) is 0 Å². The molecule has 0 fully saturated rings. The lowest BCUT2D eigenvalue weighted by Crippen LogP contribution is -2.16. The number of aryl methyl sites for hydroxylation is 1. The van der Waals surface area contributed by atoms with Crippen molar-refractivity contribution in [2.45, 2.75) is 6.92 Å². The minimum atomic E-state index is -0.0756. The second-order valence-corrected chi connectivity index (χ2v) is 12.6. The molecule has 0 saturated heterocycles. The lowest BCUT2D eigenvalue weighted by atomic mass is 9.99. The minimum absolute atomic E-state index is 0.0591. The first-order valence-electron chi connectivity index (χ1n) is 16.4. The van der Waals surface area contributed by atoms with Crippen LogP contribution in [0.1, 0.15) is 5.56 Å². The Hall–Kier alpha value is -6.52. The van der Waals surface area contributed by atoms with Gasteiger partial charge in [-0.1, -0.05) is 103 Å². The maximum atomic E-state index is 14.2. The molecule has 2 aromatic heterocycles. The van der Waals surface area contributed by atoms with Gasteiger partial charge in [0.1, 0.15) is 0 Å². The second-order valence-electron chi connectivity index (χ2n) is 12.6. The average molecular weight is 631 g/mol. The molecule has 0 bridgehead atoms. The van der Waals surface area contributed by atoms with E-state index in [9.17, 15) is 9.59 Å². The number of pyridine rings is 2. The van der Waals surface area contributed by atoms with Crippen LogP contribution in [0.25, 0.3) is 60.3 Å². The molecule has 0 spiro atoms. The maximum Gasteiger partial charge on any atom is 0.197 e. The van der Waals surface area contributed by atoms with Gasteiger partial charge in [-0.05, 0) is 89.8 Å². The Morgan fingerprint density at radius 1 is 0.449 bits per heavy atom.